The molecule has 6 heteroatoms. The van der Waals surface area contributed by atoms with Gasteiger partial charge in [0.05, 0.1) is 10.6 Å². The molecule has 98 valence electrons. The first kappa shape index (κ1) is 12.2. The number of hydrogen-bond acceptors (Lipinski definition) is 3. The van der Waals surface area contributed by atoms with Crippen LogP contribution in [0.5, 0.6) is 0 Å². The predicted molar refractivity (Wildman–Crippen MR) is 71.5 cm³/mol. The van der Waals surface area contributed by atoms with Gasteiger partial charge < -0.3 is 0 Å². The Kier molecular flexibility index (Phi) is 2.82. The summed E-state index contributed by atoms with van der Waals surface area (Å²) in [7, 11) is 1.83. The minimum Gasteiger partial charge on any atom is -0.250 e. The van der Waals surface area contributed by atoms with Crippen LogP contribution in [0.25, 0.3) is 22.2 Å². The Bertz CT molecular complexity index is 746. The molecule has 0 N–H and O–H groups in total. The number of rotatable bonds is 2. The number of hydrogen-bond donors (Lipinski definition) is 0. The second-order valence-corrected chi connectivity index (χ2v) is 5.29. The molecule has 3 aromatic rings. The summed E-state index contributed by atoms with van der Waals surface area (Å²) in [4.78, 5) is 4.43. The molecule has 0 unspecified atom stereocenters. The first-order valence-corrected chi connectivity index (χ1v) is 6.60. The molecule has 0 radical (unpaired) electrons. The zero-order valence-corrected chi connectivity index (χ0v) is 11.2. The zero-order valence-electron chi connectivity index (χ0n) is 10.4. The number of aromatic nitrogens is 3. The van der Waals surface area contributed by atoms with Crippen molar-refractivity contribution in [3.8, 4) is 11.1 Å². The van der Waals surface area contributed by atoms with Crippen LogP contribution in [0.3, 0.4) is 0 Å². The number of alkyl halides is 2. The van der Waals surface area contributed by atoms with E-state index in [1.54, 1.807) is 16.3 Å². The van der Waals surface area contributed by atoms with E-state index in [4.69, 9.17) is 0 Å². The summed E-state index contributed by atoms with van der Waals surface area (Å²) >= 11 is 1.07. The molecule has 0 aromatic carbocycles. The van der Waals surface area contributed by atoms with Crippen LogP contribution in [0.15, 0.2) is 23.7 Å². The lowest BCUT2D eigenvalue weighted by Gasteiger charge is -1.98. The summed E-state index contributed by atoms with van der Waals surface area (Å²) < 4.78 is 26.9. The molecular weight excluding hydrogens is 268 g/mol. The predicted octanol–water partition coefficient (Wildman–Crippen LogP) is 3.94. The van der Waals surface area contributed by atoms with Gasteiger partial charge in [-0.25, -0.2) is 13.8 Å². The highest BCUT2D eigenvalue weighted by Gasteiger charge is 2.13. The topological polar surface area (TPSA) is 30.7 Å². The van der Waals surface area contributed by atoms with Crippen molar-refractivity contribution in [3.05, 3.63) is 34.3 Å². The number of fused-ring (bicyclic) bond motifs is 1. The van der Waals surface area contributed by atoms with Crippen LogP contribution in [-0.2, 0) is 7.05 Å². The van der Waals surface area contributed by atoms with E-state index in [1.165, 1.54) is 6.07 Å². The summed E-state index contributed by atoms with van der Waals surface area (Å²) in [6.07, 6.45) is -0.726. The minimum absolute atomic E-state index is 0.0815. The van der Waals surface area contributed by atoms with Gasteiger partial charge in [-0.05, 0) is 30.0 Å². The van der Waals surface area contributed by atoms with E-state index < -0.39 is 6.43 Å². The molecule has 0 atom stereocenters. The lowest BCUT2D eigenvalue weighted by atomic mass is 10.1. The van der Waals surface area contributed by atoms with Crippen molar-refractivity contribution in [2.24, 2.45) is 7.05 Å². The van der Waals surface area contributed by atoms with Gasteiger partial charge in [0.25, 0.3) is 6.43 Å². The van der Waals surface area contributed by atoms with Crippen LogP contribution >= 0.6 is 11.3 Å². The number of aryl methyl sites for hydroxylation is 2. The summed E-state index contributed by atoms with van der Waals surface area (Å²) in [6, 6.07) is 3.46. The van der Waals surface area contributed by atoms with Crippen molar-refractivity contribution in [1.29, 1.82) is 0 Å². The van der Waals surface area contributed by atoms with Crippen LogP contribution in [0, 0.1) is 6.92 Å². The summed E-state index contributed by atoms with van der Waals surface area (Å²) in [5.74, 6) is 0. The molecule has 0 saturated carbocycles. The number of nitrogens with zero attached hydrogens (tertiary/aromatic N) is 3. The van der Waals surface area contributed by atoms with Crippen LogP contribution in [0.4, 0.5) is 8.78 Å². The third-order valence-electron chi connectivity index (χ3n) is 3.03. The average Bonchev–Trinajstić information content (AvgIpc) is 2.96. The van der Waals surface area contributed by atoms with Crippen molar-refractivity contribution in [3.63, 3.8) is 0 Å². The summed E-state index contributed by atoms with van der Waals surface area (Å²) in [6.45, 7) is 1.91. The van der Waals surface area contributed by atoms with Gasteiger partial charge in [-0.1, -0.05) is 0 Å². The quantitative estimate of drug-likeness (QED) is 0.711. The average molecular weight is 279 g/mol. The molecule has 0 aliphatic heterocycles. The summed E-state index contributed by atoms with van der Waals surface area (Å²) in [5, 5.41) is 6.98. The monoisotopic (exact) mass is 279 g/mol. The van der Waals surface area contributed by atoms with Crippen molar-refractivity contribution >= 4 is 22.4 Å². The normalized spacial score (nSPS) is 11.6. The van der Waals surface area contributed by atoms with Crippen molar-refractivity contribution in [1.82, 2.24) is 14.8 Å². The molecule has 0 aliphatic carbocycles. The molecule has 3 rings (SSSR count). The first-order chi connectivity index (χ1) is 9.06. The maximum absolute atomic E-state index is 12.6. The molecule has 19 heavy (non-hydrogen) atoms. The molecule has 3 nitrogen and oxygen atoms in total. The molecule has 0 fully saturated rings. The largest absolute Gasteiger partial charge is 0.272 e. The molecule has 3 aromatic heterocycles. The SMILES string of the molecule is Cc1nn(C)c2ncc(-c3csc(C(F)F)c3)cc12. The van der Waals surface area contributed by atoms with E-state index in [-0.39, 0.29) is 4.88 Å². The standard InChI is InChI=1S/C13H11F2N3S/c1-7-10-3-8(5-16-13(10)18(2)17-7)9-4-11(12(14)15)19-6-9/h3-6,12H,1-2H3. The minimum atomic E-state index is -2.42. The van der Waals surface area contributed by atoms with Gasteiger partial charge >= 0.3 is 0 Å². The highest BCUT2D eigenvalue weighted by molar-refractivity contribution is 7.10. The van der Waals surface area contributed by atoms with Crippen molar-refractivity contribution in [2.45, 2.75) is 13.3 Å². The molecule has 0 amide bonds. The van der Waals surface area contributed by atoms with E-state index in [2.05, 4.69) is 10.1 Å². The van der Waals surface area contributed by atoms with Crippen LogP contribution in [0.2, 0.25) is 0 Å². The Labute approximate surface area is 112 Å². The molecule has 0 saturated heterocycles. The van der Waals surface area contributed by atoms with E-state index in [0.29, 0.717) is 0 Å². The van der Waals surface area contributed by atoms with Crippen LogP contribution < -0.4 is 0 Å². The fraction of sp³-hybridized carbons (Fsp3) is 0.231. The van der Waals surface area contributed by atoms with Gasteiger partial charge in [0.1, 0.15) is 0 Å². The third kappa shape index (κ3) is 2.02. The second kappa shape index (κ2) is 4.38. The molecule has 0 bridgehead atoms. The molecule has 3 heterocycles. The summed E-state index contributed by atoms with van der Waals surface area (Å²) in [5.41, 5.74) is 3.30. The van der Waals surface area contributed by atoms with E-state index in [1.807, 2.05) is 20.0 Å². The Morgan fingerprint density at radius 1 is 1.26 bits per heavy atom. The van der Waals surface area contributed by atoms with Gasteiger partial charge in [-0.2, -0.15) is 5.10 Å². The van der Waals surface area contributed by atoms with Crippen LogP contribution in [0.1, 0.15) is 17.0 Å². The maximum atomic E-state index is 12.6. The Hall–Kier alpha value is -1.82. The first-order valence-electron chi connectivity index (χ1n) is 5.72. The highest BCUT2D eigenvalue weighted by Crippen LogP contribution is 2.32. The molecule has 0 spiro atoms. The van der Waals surface area contributed by atoms with Gasteiger partial charge in [0.2, 0.25) is 0 Å². The van der Waals surface area contributed by atoms with Crippen molar-refractivity contribution < 1.29 is 8.78 Å². The smallest absolute Gasteiger partial charge is 0.250 e. The highest BCUT2D eigenvalue weighted by atomic mass is 32.1. The van der Waals surface area contributed by atoms with Gasteiger partial charge in [-0.3, -0.25) is 4.68 Å². The third-order valence-corrected chi connectivity index (χ3v) is 3.97. The molecular formula is C13H11F2N3S. The lowest BCUT2D eigenvalue weighted by molar-refractivity contribution is 0.155. The fourth-order valence-corrected chi connectivity index (χ4v) is 2.85. The number of pyridine rings is 1. The number of thiophene rings is 1. The van der Waals surface area contributed by atoms with Gasteiger partial charge in [0, 0.05) is 24.2 Å². The van der Waals surface area contributed by atoms with E-state index >= 15 is 0 Å². The Morgan fingerprint density at radius 2 is 2.05 bits per heavy atom. The maximum Gasteiger partial charge on any atom is 0.272 e. The lowest BCUT2D eigenvalue weighted by Crippen LogP contribution is -1.91. The Morgan fingerprint density at radius 3 is 2.74 bits per heavy atom. The van der Waals surface area contributed by atoms with E-state index in [0.717, 1.165) is 39.2 Å². The fourth-order valence-electron chi connectivity index (χ4n) is 2.08. The van der Waals surface area contributed by atoms with E-state index in [9.17, 15) is 8.78 Å². The van der Waals surface area contributed by atoms with Crippen LogP contribution in [-0.4, -0.2) is 14.8 Å². The van der Waals surface area contributed by atoms with Gasteiger partial charge in [0.15, 0.2) is 5.65 Å². The van der Waals surface area contributed by atoms with Crippen molar-refractivity contribution in [2.75, 3.05) is 0 Å². The Balaban J connectivity index is 2.11. The van der Waals surface area contributed by atoms with Gasteiger partial charge in [-0.15, -0.1) is 11.3 Å². The second-order valence-electron chi connectivity index (χ2n) is 4.34. The zero-order chi connectivity index (χ0) is 13.6. The number of halogens is 2. The molecule has 0 aliphatic rings.